The van der Waals surface area contributed by atoms with Gasteiger partial charge in [-0.1, -0.05) is 33.6 Å². The van der Waals surface area contributed by atoms with Crippen molar-refractivity contribution in [1.82, 2.24) is 0 Å². The van der Waals surface area contributed by atoms with Crippen LogP contribution in [0.5, 0.6) is 0 Å². The highest BCUT2D eigenvalue weighted by atomic mass is 79.9. The maximum atomic E-state index is 13.6. The molecule has 0 saturated carbocycles. The van der Waals surface area contributed by atoms with Crippen molar-refractivity contribution >= 4 is 56.2 Å². The molecule has 0 saturated heterocycles. The molecule has 0 fully saturated rings. The maximum absolute atomic E-state index is 13.6. The summed E-state index contributed by atoms with van der Waals surface area (Å²) >= 11 is 14.6. The van der Waals surface area contributed by atoms with Crippen LogP contribution in [0, 0.1) is 12.7 Å². The first-order valence-corrected chi connectivity index (χ1v) is 7.33. The second-order valence-corrected chi connectivity index (χ2v) is 5.92. The topological polar surface area (TPSA) is 24.1 Å². The van der Waals surface area contributed by atoms with Crippen molar-refractivity contribution in [3.8, 4) is 0 Å². The summed E-state index contributed by atoms with van der Waals surface area (Å²) in [6.07, 6.45) is 0. The second-order valence-electron chi connectivity index (χ2n) is 4.19. The minimum absolute atomic E-state index is 0.277. The molecule has 0 amide bonds. The second kappa shape index (κ2) is 6.52. The summed E-state index contributed by atoms with van der Waals surface area (Å²) in [7, 11) is 0. The number of nitrogens with one attached hydrogen (secondary N) is 2. The van der Waals surface area contributed by atoms with Crippen molar-refractivity contribution in [3.63, 3.8) is 0 Å². The van der Waals surface area contributed by atoms with Crippen LogP contribution in [0.1, 0.15) is 5.56 Å². The van der Waals surface area contributed by atoms with Crippen LogP contribution >= 0.6 is 39.7 Å². The molecule has 20 heavy (non-hydrogen) atoms. The predicted octanol–water partition coefficient (Wildman–Crippen LogP) is 5.36. The average molecular weight is 374 g/mol. The summed E-state index contributed by atoms with van der Waals surface area (Å²) < 4.78 is 14.5. The number of benzene rings is 2. The Morgan fingerprint density at radius 2 is 1.85 bits per heavy atom. The summed E-state index contributed by atoms with van der Waals surface area (Å²) in [6.45, 7) is 1.88. The van der Waals surface area contributed by atoms with E-state index in [2.05, 4.69) is 26.6 Å². The fourth-order valence-electron chi connectivity index (χ4n) is 1.60. The van der Waals surface area contributed by atoms with E-state index in [1.807, 2.05) is 13.0 Å². The number of hydrogen-bond donors (Lipinski definition) is 2. The van der Waals surface area contributed by atoms with E-state index < -0.39 is 0 Å². The summed E-state index contributed by atoms with van der Waals surface area (Å²) in [5.74, 6) is -0.360. The fraction of sp³-hybridized carbons (Fsp3) is 0.0714. The van der Waals surface area contributed by atoms with Gasteiger partial charge in [0.05, 0.1) is 16.4 Å². The van der Waals surface area contributed by atoms with Gasteiger partial charge in [-0.05, 0) is 55.0 Å². The minimum atomic E-state index is -0.360. The van der Waals surface area contributed by atoms with Crippen molar-refractivity contribution in [2.75, 3.05) is 10.6 Å². The number of anilines is 2. The van der Waals surface area contributed by atoms with Crippen molar-refractivity contribution < 1.29 is 4.39 Å². The van der Waals surface area contributed by atoms with Crippen LogP contribution < -0.4 is 10.6 Å². The molecular formula is C14H11BrClFN2S. The molecule has 2 rings (SSSR count). The van der Waals surface area contributed by atoms with Crippen LogP contribution in [0.25, 0.3) is 0 Å². The quantitative estimate of drug-likeness (QED) is 0.693. The molecule has 0 atom stereocenters. The Hall–Kier alpha value is -1.17. The van der Waals surface area contributed by atoms with E-state index in [1.165, 1.54) is 6.07 Å². The van der Waals surface area contributed by atoms with Gasteiger partial charge in [0.2, 0.25) is 0 Å². The highest BCUT2D eigenvalue weighted by molar-refractivity contribution is 9.10. The Morgan fingerprint density at radius 1 is 1.15 bits per heavy atom. The Labute approximate surface area is 135 Å². The zero-order valence-electron chi connectivity index (χ0n) is 10.5. The maximum Gasteiger partial charge on any atom is 0.175 e. The number of hydrogen-bond acceptors (Lipinski definition) is 1. The van der Waals surface area contributed by atoms with E-state index in [0.29, 0.717) is 16.4 Å². The average Bonchev–Trinajstić information content (AvgIpc) is 2.37. The number of aryl methyl sites for hydroxylation is 1. The summed E-state index contributed by atoms with van der Waals surface area (Å²) in [4.78, 5) is 0. The molecule has 0 aliphatic carbocycles. The molecular weight excluding hydrogens is 363 g/mol. The predicted molar refractivity (Wildman–Crippen MR) is 90.1 cm³/mol. The van der Waals surface area contributed by atoms with Crippen molar-refractivity contribution in [2.24, 2.45) is 0 Å². The lowest BCUT2D eigenvalue weighted by molar-refractivity contribution is 0.632. The normalized spacial score (nSPS) is 10.2. The molecule has 2 N–H and O–H groups in total. The SMILES string of the molecule is Cc1ccc(F)c(NC(=S)Nc2ccc(Br)cc2Cl)c1. The molecule has 2 aromatic rings. The third kappa shape index (κ3) is 3.91. The lowest BCUT2D eigenvalue weighted by Gasteiger charge is -2.13. The molecule has 0 heterocycles. The standard InChI is InChI=1S/C14H11BrClFN2S/c1-8-2-4-11(17)13(6-8)19-14(20)18-12-5-3-9(15)7-10(12)16/h2-7H,1H3,(H2,18,19,20). The van der Waals surface area contributed by atoms with Crippen LogP contribution in [0.2, 0.25) is 5.02 Å². The molecule has 0 aliphatic heterocycles. The monoisotopic (exact) mass is 372 g/mol. The van der Waals surface area contributed by atoms with Gasteiger partial charge in [-0.3, -0.25) is 0 Å². The summed E-state index contributed by atoms with van der Waals surface area (Å²) in [6, 6.07) is 10.2. The highest BCUT2D eigenvalue weighted by Crippen LogP contribution is 2.26. The Balaban J connectivity index is 2.11. The zero-order chi connectivity index (χ0) is 14.7. The van der Waals surface area contributed by atoms with Gasteiger partial charge in [0, 0.05) is 4.47 Å². The van der Waals surface area contributed by atoms with Gasteiger partial charge in [0.25, 0.3) is 0 Å². The first-order valence-electron chi connectivity index (χ1n) is 5.75. The smallest absolute Gasteiger partial charge is 0.175 e. The summed E-state index contributed by atoms with van der Waals surface area (Å²) in [5.41, 5.74) is 1.93. The molecule has 0 aliphatic rings. The van der Waals surface area contributed by atoms with E-state index in [4.69, 9.17) is 23.8 Å². The van der Waals surface area contributed by atoms with Gasteiger partial charge in [-0.2, -0.15) is 0 Å². The first-order chi connectivity index (χ1) is 9.45. The van der Waals surface area contributed by atoms with Crippen LogP contribution in [0.15, 0.2) is 40.9 Å². The van der Waals surface area contributed by atoms with Gasteiger partial charge >= 0.3 is 0 Å². The molecule has 6 heteroatoms. The van der Waals surface area contributed by atoms with Crippen molar-refractivity contribution in [2.45, 2.75) is 6.92 Å². The third-order valence-electron chi connectivity index (χ3n) is 2.55. The molecule has 0 unspecified atom stereocenters. The molecule has 2 aromatic carbocycles. The van der Waals surface area contributed by atoms with E-state index >= 15 is 0 Å². The molecule has 2 nitrogen and oxygen atoms in total. The Kier molecular flexibility index (Phi) is 4.96. The van der Waals surface area contributed by atoms with Gasteiger partial charge in [-0.25, -0.2) is 4.39 Å². The van der Waals surface area contributed by atoms with Crippen molar-refractivity contribution in [1.29, 1.82) is 0 Å². The molecule has 0 bridgehead atoms. The first kappa shape index (κ1) is 15.2. The van der Waals surface area contributed by atoms with Gasteiger partial charge < -0.3 is 10.6 Å². The van der Waals surface area contributed by atoms with E-state index in [1.54, 1.807) is 24.3 Å². The van der Waals surface area contributed by atoms with Crippen LogP contribution in [0.4, 0.5) is 15.8 Å². The van der Waals surface area contributed by atoms with Gasteiger partial charge in [-0.15, -0.1) is 0 Å². The molecule has 0 aromatic heterocycles. The van der Waals surface area contributed by atoms with Gasteiger partial charge in [0.1, 0.15) is 5.82 Å². The lowest BCUT2D eigenvalue weighted by Crippen LogP contribution is -2.20. The van der Waals surface area contributed by atoms with Crippen molar-refractivity contribution in [3.05, 3.63) is 57.3 Å². The van der Waals surface area contributed by atoms with E-state index in [9.17, 15) is 4.39 Å². The number of thiocarbonyl (C=S) groups is 1. The van der Waals surface area contributed by atoms with Gasteiger partial charge in [0.15, 0.2) is 5.11 Å². The lowest BCUT2D eigenvalue weighted by atomic mass is 10.2. The van der Waals surface area contributed by atoms with E-state index in [-0.39, 0.29) is 10.9 Å². The largest absolute Gasteiger partial charge is 0.331 e. The summed E-state index contributed by atoms with van der Waals surface area (Å²) in [5, 5.41) is 6.55. The van der Waals surface area contributed by atoms with Crippen LogP contribution in [-0.2, 0) is 0 Å². The zero-order valence-corrected chi connectivity index (χ0v) is 13.7. The number of rotatable bonds is 2. The third-order valence-corrected chi connectivity index (χ3v) is 3.56. The highest BCUT2D eigenvalue weighted by Gasteiger charge is 2.07. The van der Waals surface area contributed by atoms with Crippen LogP contribution in [-0.4, -0.2) is 5.11 Å². The Bertz CT molecular complexity index is 664. The molecule has 104 valence electrons. The van der Waals surface area contributed by atoms with Crippen LogP contribution in [0.3, 0.4) is 0 Å². The number of halogens is 3. The molecule has 0 radical (unpaired) electrons. The Morgan fingerprint density at radius 3 is 2.55 bits per heavy atom. The fourth-order valence-corrected chi connectivity index (χ4v) is 2.54. The van der Waals surface area contributed by atoms with E-state index in [0.717, 1.165) is 10.0 Å². The molecule has 0 spiro atoms. The minimum Gasteiger partial charge on any atom is -0.331 e.